The molecule has 5 nitrogen and oxygen atoms in total. The highest BCUT2D eigenvalue weighted by atomic mass is 19.1. The highest BCUT2D eigenvalue weighted by Gasteiger charge is 2.39. The van der Waals surface area contributed by atoms with Crippen molar-refractivity contribution in [3.8, 4) is 16.9 Å². The first kappa shape index (κ1) is 17.2. The monoisotopic (exact) mass is 356 g/mol. The van der Waals surface area contributed by atoms with Crippen molar-refractivity contribution in [3.05, 3.63) is 35.9 Å². The second-order valence-electron chi connectivity index (χ2n) is 7.38. The molecule has 6 heteroatoms. The largest absolute Gasteiger partial charge is 0.496 e. The third-order valence-electron chi connectivity index (χ3n) is 5.92. The number of methoxy groups -OCH3 is 1. The van der Waals surface area contributed by atoms with Crippen LogP contribution in [0.25, 0.3) is 11.1 Å². The highest BCUT2D eigenvalue weighted by molar-refractivity contribution is 5.65. The Morgan fingerprint density at radius 2 is 1.88 bits per heavy atom. The lowest BCUT2D eigenvalue weighted by Gasteiger charge is -2.49. The molecule has 0 amide bonds. The number of fused-ring (bicyclic) bond motifs is 3. The Morgan fingerprint density at radius 1 is 1.19 bits per heavy atom. The molecule has 3 fully saturated rings. The van der Waals surface area contributed by atoms with E-state index in [1.54, 1.807) is 25.6 Å². The van der Waals surface area contributed by atoms with Gasteiger partial charge in [-0.2, -0.15) is 0 Å². The van der Waals surface area contributed by atoms with E-state index in [9.17, 15) is 4.39 Å². The molecule has 5 rings (SSSR count). The lowest BCUT2D eigenvalue weighted by Crippen LogP contribution is -2.59. The zero-order valence-electron chi connectivity index (χ0n) is 15.5. The van der Waals surface area contributed by atoms with Crippen LogP contribution in [0.5, 0.6) is 5.75 Å². The first-order valence-electron chi connectivity index (χ1n) is 9.24. The number of benzene rings is 1. The van der Waals surface area contributed by atoms with Crippen LogP contribution in [-0.4, -0.2) is 47.2 Å². The predicted octanol–water partition coefficient (Wildman–Crippen LogP) is 3.49. The zero-order valence-corrected chi connectivity index (χ0v) is 15.5. The molecule has 4 heterocycles. The number of ether oxygens (including phenoxy) is 1. The average molecular weight is 356 g/mol. The molecule has 1 aromatic carbocycles. The summed E-state index contributed by atoms with van der Waals surface area (Å²) in [6, 6.07) is 4.05. The molecule has 3 aliphatic rings. The normalized spacial score (nSPS) is 27.4. The van der Waals surface area contributed by atoms with Gasteiger partial charge in [0.15, 0.2) is 0 Å². The zero-order chi connectivity index (χ0) is 18.3. The minimum Gasteiger partial charge on any atom is -0.496 e. The maximum Gasteiger partial charge on any atom is 0.222 e. The van der Waals surface area contributed by atoms with Gasteiger partial charge in [0.2, 0.25) is 5.95 Å². The number of hydrogen-bond donors (Lipinski definition) is 1. The first-order valence-corrected chi connectivity index (χ1v) is 9.24. The van der Waals surface area contributed by atoms with Gasteiger partial charge in [-0.3, -0.25) is 4.90 Å². The van der Waals surface area contributed by atoms with Crippen molar-refractivity contribution < 1.29 is 9.13 Å². The van der Waals surface area contributed by atoms with E-state index in [1.807, 2.05) is 6.92 Å². The van der Waals surface area contributed by atoms with Crippen molar-refractivity contribution in [1.29, 1.82) is 0 Å². The average Bonchev–Trinajstić information content (AvgIpc) is 2.66. The van der Waals surface area contributed by atoms with Gasteiger partial charge in [-0.05, 0) is 63.4 Å². The number of piperidine rings is 3. The van der Waals surface area contributed by atoms with Crippen LogP contribution in [0, 0.1) is 18.7 Å². The molecule has 2 bridgehead atoms. The molecular weight excluding hydrogens is 331 g/mol. The molecule has 1 N–H and O–H groups in total. The van der Waals surface area contributed by atoms with Crippen molar-refractivity contribution in [2.45, 2.75) is 38.8 Å². The molecule has 2 aromatic rings. The van der Waals surface area contributed by atoms with Gasteiger partial charge in [0.25, 0.3) is 0 Å². The standard InChI is InChI=1S/C20H25FN4O/c1-12-8-17(21)16(9-18(12)26-3)15-10-22-20(23-11-15)24-19-13(2)25-6-4-14(19)5-7-25/h8-11,13-14,19H,4-7H2,1-3H3,(H,22,23,24). The van der Waals surface area contributed by atoms with Crippen LogP contribution in [0.3, 0.4) is 0 Å². The van der Waals surface area contributed by atoms with Gasteiger partial charge in [0.05, 0.1) is 7.11 Å². The Balaban J connectivity index is 1.54. The van der Waals surface area contributed by atoms with Gasteiger partial charge >= 0.3 is 0 Å². The van der Waals surface area contributed by atoms with E-state index in [2.05, 4.69) is 27.1 Å². The van der Waals surface area contributed by atoms with Crippen LogP contribution in [0.2, 0.25) is 0 Å². The molecule has 0 radical (unpaired) electrons. The molecule has 2 unspecified atom stereocenters. The molecule has 0 spiro atoms. The molecule has 3 aliphatic heterocycles. The van der Waals surface area contributed by atoms with Crippen LogP contribution in [0.4, 0.5) is 10.3 Å². The van der Waals surface area contributed by atoms with E-state index in [0.29, 0.717) is 40.8 Å². The molecule has 2 atom stereocenters. The minimum atomic E-state index is -0.293. The maximum absolute atomic E-state index is 14.3. The summed E-state index contributed by atoms with van der Waals surface area (Å²) in [7, 11) is 1.59. The van der Waals surface area contributed by atoms with E-state index in [-0.39, 0.29) is 5.82 Å². The van der Waals surface area contributed by atoms with Gasteiger partial charge in [0.1, 0.15) is 11.6 Å². The summed E-state index contributed by atoms with van der Waals surface area (Å²) >= 11 is 0. The molecule has 0 aliphatic carbocycles. The van der Waals surface area contributed by atoms with Gasteiger partial charge in [0, 0.05) is 35.6 Å². The molecular formula is C20H25FN4O. The Labute approximate surface area is 153 Å². The van der Waals surface area contributed by atoms with Gasteiger partial charge in [-0.1, -0.05) is 0 Å². The van der Waals surface area contributed by atoms with Crippen LogP contribution < -0.4 is 10.1 Å². The second kappa shape index (κ2) is 6.83. The Morgan fingerprint density at radius 3 is 2.50 bits per heavy atom. The van der Waals surface area contributed by atoms with Crippen LogP contribution in [0.15, 0.2) is 24.5 Å². The maximum atomic E-state index is 14.3. The summed E-state index contributed by atoms with van der Waals surface area (Å²) in [6.45, 7) is 6.48. The molecule has 0 saturated carbocycles. The third-order valence-corrected chi connectivity index (χ3v) is 5.92. The van der Waals surface area contributed by atoms with Crippen LogP contribution in [-0.2, 0) is 0 Å². The lowest BCUT2D eigenvalue weighted by molar-refractivity contribution is 0.0455. The van der Waals surface area contributed by atoms with E-state index in [1.165, 1.54) is 32.0 Å². The summed E-state index contributed by atoms with van der Waals surface area (Å²) < 4.78 is 19.6. The fourth-order valence-corrected chi connectivity index (χ4v) is 4.33. The molecule has 26 heavy (non-hydrogen) atoms. The smallest absolute Gasteiger partial charge is 0.222 e. The number of rotatable bonds is 4. The summed E-state index contributed by atoms with van der Waals surface area (Å²) in [5.41, 5.74) is 1.87. The minimum absolute atomic E-state index is 0.293. The number of nitrogens with zero attached hydrogens (tertiary/aromatic N) is 3. The number of halogens is 1. The van der Waals surface area contributed by atoms with Gasteiger partial charge in [-0.25, -0.2) is 14.4 Å². The summed E-state index contributed by atoms with van der Waals surface area (Å²) in [5, 5.41) is 3.50. The van der Waals surface area contributed by atoms with E-state index < -0.39 is 0 Å². The number of hydrogen-bond acceptors (Lipinski definition) is 5. The summed E-state index contributed by atoms with van der Waals surface area (Å²) in [6.07, 6.45) is 5.81. The van der Waals surface area contributed by atoms with Gasteiger partial charge in [-0.15, -0.1) is 0 Å². The number of aryl methyl sites for hydroxylation is 1. The molecule has 3 saturated heterocycles. The number of nitrogens with one attached hydrogen (secondary N) is 1. The Bertz CT molecular complexity index is 785. The Hall–Kier alpha value is -2.21. The van der Waals surface area contributed by atoms with Crippen molar-refractivity contribution in [2.75, 3.05) is 25.5 Å². The molecule has 1 aromatic heterocycles. The fourth-order valence-electron chi connectivity index (χ4n) is 4.33. The van der Waals surface area contributed by atoms with Crippen molar-refractivity contribution in [3.63, 3.8) is 0 Å². The third kappa shape index (κ3) is 3.03. The van der Waals surface area contributed by atoms with Crippen LogP contribution >= 0.6 is 0 Å². The first-order chi connectivity index (χ1) is 12.6. The number of aromatic nitrogens is 2. The van der Waals surface area contributed by atoms with Crippen molar-refractivity contribution >= 4 is 5.95 Å². The molecule has 138 valence electrons. The van der Waals surface area contributed by atoms with E-state index >= 15 is 0 Å². The Kier molecular flexibility index (Phi) is 4.53. The highest BCUT2D eigenvalue weighted by Crippen LogP contribution is 2.34. The van der Waals surface area contributed by atoms with Gasteiger partial charge < -0.3 is 10.1 Å². The lowest BCUT2D eigenvalue weighted by atomic mass is 9.79. The second-order valence-corrected chi connectivity index (χ2v) is 7.38. The summed E-state index contributed by atoms with van der Waals surface area (Å²) in [4.78, 5) is 11.4. The van der Waals surface area contributed by atoms with Crippen molar-refractivity contribution in [2.24, 2.45) is 5.92 Å². The predicted molar refractivity (Wildman–Crippen MR) is 99.9 cm³/mol. The van der Waals surface area contributed by atoms with E-state index in [0.717, 1.165) is 5.56 Å². The van der Waals surface area contributed by atoms with E-state index in [4.69, 9.17) is 4.74 Å². The SMILES string of the molecule is COc1cc(-c2cnc(NC3C4CCN(CC4)C3C)nc2)c(F)cc1C. The van der Waals surface area contributed by atoms with Crippen molar-refractivity contribution in [1.82, 2.24) is 14.9 Å². The topological polar surface area (TPSA) is 50.3 Å². The van der Waals surface area contributed by atoms with Crippen LogP contribution in [0.1, 0.15) is 25.3 Å². The number of anilines is 1. The summed E-state index contributed by atoms with van der Waals surface area (Å²) in [5.74, 6) is 1.65. The quantitative estimate of drug-likeness (QED) is 0.909. The fraction of sp³-hybridized carbons (Fsp3) is 0.500.